The van der Waals surface area contributed by atoms with E-state index in [9.17, 15) is 9.59 Å². The molecule has 3 rings (SSSR count). The van der Waals surface area contributed by atoms with Gasteiger partial charge in [0.15, 0.2) is 5.16 Å². The Morgan fingerprint density at radius 1 is 1.33 bits per heavy atom. The number of nitrogens with zero attached hydrogens (tertiary/aromatic N) is 3. The van der Waals surface area contributed by atoms with Crippen molar-refractivity contribution in [2.45, 2.75) is 57.5 Å². The molecule has 130 valence electrons. The summed E-state index contributed by atoms with van der Waals surface area (Å²) in [7, 11) is 0. The zero-order valence-corrected chi connectivity index (χ0v) is 16.2. The molecule has 1 atom stereocenters. The van der Waals surface area contributed by atoms with E-state index < -0.39 is 0 Å². The Morgan fingerprint density at radius 2 is 2.00 bits per heavy atom. The second kappa shape index (κ2) is 6.88. The van der Waals surface area contributed by atoms with Crippen molar-refractivity contribution in [2.24, 2.45) is 0 Å². The third-order valence-electron chi connectivity index (χ3n) is 4.62. The number of amides is 1. The van der Waals surface area contributed by atoms with Gasteiger partial charge in [0.05, 0.1) is 10.6 Å². The Labute approximate surface area is 150 Å². The summed E-state index contributed by atoms with van der Waals surface area (Å²) in [5, 5.41) is 1.14. The molecule has 1 fully saturated rings. The van der Waals surface area contributed by atoms with Gasteiger partial charge < -0.3 is 4.90 Å². The van der Waals surface area contributed by atoms with Gasteiger partial charge in [-0.15, -0.1) is 11.3 Å². The van der Waals surface area contributed by atoms with E-state index in [4.69, 9.17) is 4.98 Å². The number of thioether (sulfide) groups is 1. The van der Waals surface area contributed by atoms with Gasteiger partial charge in [-0.3, -0.25) is 14.2 Å². The van der Waals surface area contributed by atoms with Crippen LogP contribution < -0.4 is 5.56 Å². The maximum atomic E-state index is 12.8. The van der Waals surface area contributed by atoms with Crippen LogP contribution in [0.5, 0.6) is 0 Å². The van der Waals surface area contributed by atoms with Crippen LogP contribution in [0.1, 0.15) is 37.1 Å². The standard InChI is InChI=1S/C17H23N3O2S2/c1-5-20-16(22)13-10(2)11(3)23-14(13)18-17(20)24-12(4)15(21)19-8-6-7-9-19/h12H,5-9H2,1-4H3. The molecule has 7 heteroatoms. The minimum absolute atomic E-state index is 0.00710. The molecule has 1 aliphatic heterocycles. The smallest absolute Gasteiger partial charge is 0.263 e. The van der Waals surface area contributed by atoms with Crippen molar-refractivity contribution in [2.75, 3.05) is 13.1 Å². The van der Waals surface area contributed by atoms with Gasteiger partial charge >= 0.3 is 0 Å². The normalized spacial score (nSPS) is 16.1. The number of aromatic nitrogens is 2. The Balaban J connectivity index is 1.96. The highest BCUT2D eigenvalue weighted by Crippen LogP contribution is 2.30. The highest BCUT2D eigenvalue weighted by atomic mass is 32.2. The first kappa shape index (κ1) is 17.5. The lowest BCUT2D eigenvalue weighted by Gasteiger charge is -2.20. The molecule has 0 bridgehead atoms. The quantitative estimate of drug-likeness (QED) is 0.617. The van der Waals surface area contributed by atoms with Crippen LogP contribution in [0.2, 0.25) is 0 Å². The van der Waals surface area contributed by atoms with Gasteiger partial charge in [0.25, 0.3) is 5.56 Å². The van der Waals surface area contributed by atoms with Crippen molar-refractivity contribution in [3.63, 3.8) is 0 Å². The number of aryl methyl sites for hydroxylation is 2. The molecule has 3 heterocycles. The number of likely N-dealkylation sites (tertiary alicyclic amines) is 1. The highest BCUT2D eigenvalue weighted by Gasteiger charge is 2.26. The third-order valence-corrected chi connectivity index (χ3v) is 6.80. The first-order valence-electron chi connectivity index (χ1n) is 8.40. The Bertz CT molecular complexity index is 834. The van der Waals surface area contributed by atoms with Crippen molar-refractivity contribution >= 4 is 39.2 Å². The van der Waals surface area contributed by atoms with Crippen LogP contribution in [-0.2, 0) is 11.3 Å². The van der Waals surface area contributed by atoms with E-state index in [0.717, 1.165) is 46.6 Å². The summed E-state index contributed by atoms with van der Waals surface area (Å²) in [5.41, 5.74) is 1.03. The molecule has 1 unspecified atom stereocenters. The van der Waals surface area contributed by atoms with Crippen LogP contribution in [0, 0.1) is 13.8 Å². The fourth-order valence-corrected chi connectivity index (χ4v) is 5.21. The molecule has 1 aliphatic rings. The van der Waals surface area contributed by atoms with Crippen LogP contribution in [-0.4, -0.2) is 38.7 Å². The summed E-state index contributed by atoms with van der Waals surface area (Å²) in [4.78, 5) is 33.9. The Hall–Kier alpha value is -1.34. The van der Waals surface area contributed by atoms with E-state index in [-0.39, 0.29) is 16.7 Å². The van der Waals surface area contributed by atoms with Crippen molar-refractivity contribution in [1.82, 2.24) is 14.5 Å². The monoisotopic (exact) mass is 365 g/mol. The van der Waals surface area contributed by atoms with E-state index in [2.05, 4.69) is 0 Å². The van der Waals surface area contributed by atoms with E-state index in [1.807, 2.05) is 32.6 Å². The number of thiophene rings is 1. The minimum atomic E-state index is -0.229. The van der Waals surface area contributed by atoms with E-state index in [1.165, 1.54) is 11.8 Å². The number of fused-ring (bicyclic) bond motifs is 1. The number of rotatable bonds is 4. The molecule has 2 aromatic heterocycles. The molecule has 0 spiro atoms. The molecule has 1 amide bonds. The summed E-state index contributed by atoms with van der Waals surface area (Å²) in [6.07, 6.45) is 2.17. The SMILES string of the molecule is CCn1c(SC(C)C(=O)N2CCCC2)nc2sc(C)c(C)c2c1=O. The highest BCUT2D eigenvalue weighted by molar-refractivity contribution is 8.00. The molecule has 24 heavy (non-hydrogen) atoms. The van der Waals surface area contributed by atoms with Crippen molar-refractivity contribution in [3.8, 4) is 0 Å². The van der Waals surface area contributed by atoms with E-state index in [0.29, 0.717) is 11.7 Å². The molecular weight excluding hydrogens is 342 g/mol. The first-order valence-corrected chi connectivity index (χ1v) is 10.1. The number of carbonyl (C=O) groups excluding carboxylic acids is 1. The van der Waals surface area contributed by atoms with Crippen molar-refractivity contribution in [3.05, 3.63) is 20.8 Å². The second-order valence-electron chi connectivity index (χ2n) is 6.20. The predicted molar refractivity (Wildman–Crippen MR) is 100 cm³/mol. The maximum Gasteiger partial charge on any atom is 0.263 e. The van der Waals surface area contributed by atoms with Crippen LogP contribution in [0.15, 0.2) is 9.95 Å². The fourth-order valence-electron chi connectivity index (χ4n) is 3.08. The van der Waals surface area contributed by atoms with Gasteiger partial charge in [-0.2, -0.15) is 0 Å². The molecule has 5 nitrogen and oxygen atoms in total. The second-order valence-corrected chi connectivity index (χ2v) is 8.71. The van der Waals surface area contributed by atoms with Gasteiger partial charge in [0.2, 0.25) is 5.91 Å². The first-order chi connectivity index (χ1) is 11.4. The molecule has 0 aromatic carbocycles. The summed E-state index contributed by atoms with van der Waals surface area (Å²) in [6, 6.07) is 0. The predicted octanol–water partition coefficient (Wildman–Crippen LogP) is 3.20. The van der Waals surface area contributed by atoms with E-state index in [1.54, 1.807) is 15.9 Å². The average Bonchev–Trinajstić information content (AvgIpc) is 3.16. The topological polar surface area (TPSA) is 55.2 Å². The van der Waals surface area contributed by atoms with Crippen LogP contribution >= 0.6 is 23.1 Å². The van der Waals surface area contributed by atoms with Gasteiger partial charge in [0, 0.05) is 24.5 Å². The minimum Gasteiger partial charge on any atom is -0.342 e. The lowest BCUT2D eigenvalue weighted by atomic mass is 10.2. The molecule has 2 aromatic rings. The summed E-state index contributed by atoms with van der Waals surface area (Å²) < 4.78 is 1.69. The number of carbonyl (C=O) groups is 1. The molecule has 0 saturated carbocycles. The zero-order chi connectivity index (χ0) is 17.4. The van der Waals surface area contributed by atoms with Gasteiger partial charge in [-0.25, -0.2) is 4.98 Å². The lowest BCUT2D eigenvalue weighted by molar-refractivity contribution is -0.129. The van der Waals surface area contributed by atoms with Gasteiger partial charge in [-0.05, 0) is 46.1 Å². The zero-order valence-electron chi connectivity index (χ0n) is 14.6. The maximum absolute atomic E-state index is 12.8. The van der Waals surface area contributed by atoms with Crippen LogP contribution in [0.4, 0.5) is 0 Å². The van der Waals surface area contributed by atoms with Crippen molar-refractivity contribution < 1.29 is 4.79 Å². The average molecular weight is 366 g/mol. The molecule has 0 radical (unpaired) electrons. The van der Waals surface area contributed by atoms with Gasteiger partial charge in [-0.1, -0.05) is 11.8 Å². The number of hydrogen-bond acceptors (Lipinski definition) is 5. The van der Waals surface area contributed by atoms with Gasteiger partial charge in [0.1, 0.15) is 4.83 Å². The number of hydrogen-bond donors (Lipinski definition) is 0. The fraction of sp³-hybridized carbons (Fsp3) is 0.588. The van der Waals surface area contributed by atoms with Crippen molar-refractivity contribution in [1.29, 1.82) is 0 Å². The Morgan fingerprint density at radius 3 is 2.62 bits per heavy atom. The summed E-state index contributed by atoms with van der Waals surface area (Å²) >= 11 is 2.96. The summed E-state index contributed by atoms with van der Waals surface area (Å²) in [5.74, 6) is 0.146. The molecule has 1 saturated heterocycles. The molecular formula is C17H23N3O2S2. The third kappa shape index (κ3) is 2.99. The molecule has 0 aliphatic carbocycles. The van der Waals surface area contributed by atoms with Crippen LogP contribution in [0.25, 0.3) is 10.2 Å². The largest absolute Gasteiger partial charge is 0.342 e. The van der Waals surface area contributed by atoms with Crippen LogP contribution in [0.3, 0.4) is 0 Å². The summed E-state index contributed by atoms with van der Waals surface area (Å²) in [6.45, 7) is 10.1. The molecule has 0 N–H and O–H groups in total. The Kier molecular flexibility index (Phi) is 5.01. The lowest BCUT2D eigenvalue weighted by Crippen LogP contribution is -2.34. The van der Waals surface area contributed by atoms with E-state index >= 15 is 0 Å².